The summed E-state index contributed by atoms with van der Waals surface area (Å²) in [4.78, 5) is 24.6. The van der Waals surface area contributed by atoms with Crippen LogP contribution in [0.1, 0.15) is 11.1 Å². The Bertz CT molecular complexity index is 1290. The minimum atomic E-state index is -1.12. The molecule has 11 heteroatoms. The molecule has 0 bridgehead atoms. The number of aromatic nitrogens is 5. The van der Waals surface area contributed by atoms with Gasteiger partial charge in [-0.1, -0.05) is 18.2 Å². The summed E-state index contributed by atoms with van der Waals surface area (Å²) in [5.41, 5.74) is 7.34. The van der Waals surface area contributed by atoms with E-state index in [9.17, 15) is 13.6 Å². The number of amides is 1. The van der Waals surface area contributed by atoms with E-state index in [1.165, 1.54) is 30.1 Å². The monoisotopic (exact) mass is 425 g/mol. The van der Waals surface area contributed by atoms with Crippen LogP contribution < -0.4 is 5.73 Å². The summed E-state index contributed by atoms with van der Waals surface area (Å²) in [6.45, 7) is 0.0683. The number of rotatable bonds is 5. The molecular weight excluding hydrogens is 408 g/mol. The highest BCUT2D eigenvalue weighted by Gasteiger charge is 2.19. The van der Waals surface area contributed by atoms with E-state index in [0.29, 0.717) is 22.2 Å². The first-order valence-electron chi connectivity index (χ1n) is 9.14. The van der Waals surface area contributed by atoms with Crippen molar-refractivity contribution in [2.24, 2.45) is 0 Å². The Labute approximate surface area is 174 Å². The molecule has 0 saturated heterocycles. The minimum absolute atomic E-state index is 0.000102. The highest BCUT2D eigenvalue weighted by molar-refractivity contribution is 5.89. The maximum absolute atomic E-state index is 14.1. The van der Waals surface area contributed by atoms with E-state index in [1.807, 2.05) is 0 Å². The summed E-state index contributed by atoms with van der Waals surface area (Å²) in [5, 5.41) is 13.8. The fraction of sp³-hybridized carbons (Fsp3) is 0.150. The number of anilines is 1. The molecule has 3 N–H and O–H groups in total. The number of carboxylic acid groups (broad SMARTS) is 1. The Balaban J connectivity index is 1.77. The van der Waals surface area contributed by atoms with Crippen molar-refractivity contribution in [3.05, 3.63) is 65.5 Å². The fourth-order valence-corrected chi connectivity index (χ4v) is 3.08. The molecule has 4 aromatic rings. The van der Waals surface area contributed by atoms with E-state index in [0.717, 1.165) is 11.1 Å². The molecule has 0 aliphatic carbocycles. The van der Waals surface area contributed by atoms with Gasteiger partial charge in [0.15, 0.2) is 11.5 Å². The zero-order chi connectivity index (χ0) is 22.1. The maximum atomic E-state index is 14.1. The average molecular weight is 425 g/mol. The van der Waals surface area contributed by atoms with Gasteiger partial charge in [-0.15, -0.1) is 0 Å². The predicted molar refractivity (Wildman–Crippen MR) is 108 cm³/mol. The number of halogens is 2. The average Bonchev–Trinajstić information content (AvgIpc) is 3.08. The third-order valence-electron chi connectivity index (χ3n) is 4.68. The zero-order valence-electron chi connectivity index (χ0n) is 16.3. The van der Waals surface area contributed by atoms with Crippen LogP contribution in [0.25, 0.3) is 22.6 Å². The molecule has 0 atom stereocenters. The zero-order valence-corrected chi connectivity index (χ0v) is 16.3. The molecule has 0 aliphatic heterocycles. The lowest BCUT2D eigenvalue weighted by atomic mass is 10.2. The highest BCUT2D eigenvalue weighted by atomic mass is 19.1. The molecule has 9 nitrogen and oxygen atoms in total. The number of nitrogens with zero attached hydrogens (tertiary/aromatic N) is 6. The number of pyridine rings is 1. The molecule has 0 aliphatic rings. The van der Waals surface area contributed by atoms with Gasteiger partial charge in [-0.2, -0.15) is 5.10 Å². The second kappa shape index (κ2) is 7.94. The Morgan fingerprint density at radius 1 is 1.19 bits per heavy atom. The molecule has 1 aromatic carbocycles. The van der Waals surface area contributed by atoms with Gasteiger partial charge in [0.05, 0.1) is 24.7 Å². The third-order valence-corrected chi connectivity index (χ3v) is 4.68. The largest absolute Gasteiger partial charge is 0.465 e. The van der Waals surface area contributed by atoms with E-state index >= 15 is 0 Å². The Kier molecular flexibility index (Phi) is 5.15. The highest BCUT2D eigenvalue weighted by Crippen LogP contribution is 2.27. The second-order valence-electron chi connectivity index (χ2n) is 6.87. The normalized spacial score (nSPS) is 11.1. The fourth-order valence-electron chi connectivity index (χ4n) is 3.08. The van der Waals surface area contributed by atoms with Crippen molar-refractivity contribution in [3.8, 4) is 11.5 Å². The predicted octanol–water partition coefficient (Wildman–Crippen LogP) is 2.91. The standard InChI is InChI=1S/C20H17F2N7O2/c1-28(20(30)31)9-12-7-24-18(26-17(12)23)16-14-6-13(21)8-25-19(14)29(27-16)10-11-4-2-3-5-15(11)22/h2-8H,9-10H2,1H3,(H,30,31)(H2,23,24,26). The summed E-state index contributed by atoms with van der Waals surface area (Å²) in [6, 6.07) is 7.49. The topological polar surface area (TPSA) is 123 Å². The van der Waals surface area contributed by atoms with Crippen molar-refractivity contribution in [1.82, 2.24) is 29.6 Å². The van der Waals surface area contributed by atoms with Crippen LogP contribution in [0.4, 0.5) is 19.4 Å². The van der Waals surface area contributed by atoms with Crippen molar-refractivity contribution in [3.63, 3.8) is 0 Å². The molecule has 4 rings (SSSR count). The van der Waals surface area contributed by atoms with E-state index in [2.05, 4.69) is 20.1 Å². The van der Waals surface area contributed by atoms with Gasteiger partial charge in [0.2, 0.25) is 0 Å². The van der Waals surface area contributed by atoms with Crippen molar-refractivity contribution >= 4 is 22.9 Å². The van der Waals surface area contributed by atoms with Gasteiger partial charge in [-0.25, -0.2) is 33.2 Å². The lowest BCUT2D eigenvalue weighted by Crippen LogP contribution is -2.24. The third kappa shape index (κ3) is 3.97. The summed E-state index contributed by atoms with van der Waals surface area (Å²) in [6.07, 6.45) is 1.32. The number of hydrogen-bond acceptors (Lipinski definition) is 6. The van der Waals surface area contributed by atoms with E-state index in [-0.39, 0.29) is 30.4 Å². The van der Waals surface area contributed by atoms with Gasteiger partial charge in [-0.3, -0.25) is 0 Å². The SMILES string of the molecule is CN(Cc1cnc(-c2nn(Cc3ccccc3F)c3ncc(F)cc23)nc1N)C(=O)O. The number of nitrogen functional groups attached to an aromatic ring is 1. The Hall–Kier alpha value is -4.15. The lowest BCUT2D eigenvalue weighted by molar-refractivity contribution is 0.154. The summed E-state index contributed by atoms with van der Waals surface area (Å²) < 4.78 is 29.5. The van der Waals surface area contributed by atoms with Crippen LogP contribution in [0.5, 0.6) is 0 Å². The van der Waals surface area contributed by atoms with Crippen molar-refractivity contribution in [2.45, 2.75) is 13.1 Å². The molecule has 31 heavy (non-hydrogen) atoms. The number of benzene rings is 1. The Morgan fingerprint density at radius 2 is 1.97 bits per heavy atom. The van der Waals surface area contributed by atoms with Gasteiger partial charge in [0.25, 0.3) is 0 Å². The molecule has 158 valence electrons. The Morgan fingerprint density at radius 3 is 2.68 bits per heavy atom. The molecule has 0 saturated carbocycles. The van der Waals surface area contributed by atoms with Crippen molar-refractivity contribution in [2.75, 3.05) is 12.8 Å². The van der Waals surface area contributed by atoms with Crippen LogP contribution in [-0.2, 0) is 13.1 Å². The first-order valence-corrected chi connectivity index (χ1v) is 9.14. The molecule has 0 radical (unpaired) electrons. The smallest absolute Gasteiger partial charge is 0.407 e. The quantitative estimate of drug-likeness (QED) is 0.504. The maximum Gasteiger partial charge on any atom is 0.407 e. The molecule has 0 spiro atoms. The molecule has 3 aromatic heterocycles. The van der Waals surface area contributed by atoms with Crippen LogP contribution in [-0.4, -0.2) is 47.9 Å². The molecule has 3 heterocycles. The summed E-state index contributed by atoms with van der Waals surface area (Å²) in [5.74, 6) is -0.794. The van der Waals surface area contributed by atoms with Crippen LogP contribution in [0.3, 0.4) is 0 Å². The number of nitrogens with two attached hydrogens (primary N) is 1. The van der Waals surface area contributed by atoms with Gasteiger partial charge < -0.3 is 15.7 Å². The van der Waals surface area contributed by atoms with Crippen LogP contribution in [0.15, 0.2) is 42.7 Å². The molecule has 1 amide bonds. The van der Waals surface area contributed by atoms with Crippen LogP contribution in [0.2, 0.25) is 0 Å². The van der Waals surface area contributed by atoms with Crippen LogP contribution in [0, 0.1) is 11.6 Å². The van der Waals surface area contributed by atoms with Crippen molar-refractivity contribution < 1.29 is 18.7 Å². The van der Waals surface area contributed by atoms with E-state index in [4.69, 9.17) is 10.8 Å². The van der Waals surface area contributed by atoms with Gasteiger partial charge >= 0.3 is 6.09 Å². The minimum Gasteiger partial charge on any atom is -0.465 e. The summed E-state index contributed by atoms with van der Waals surface area (Å²) >= 11 is 0. The molecular formula is C20H17F2N7O2. The number of carbonyl (C=O) groups is 1. The summed E-state index contributed by atoms with van der Waals surface area (Å²) in [7, 11) is 1.39. The number of hydrogen-bond donors (Lipinski definition) is 2. The van der Waals surface area contributed by atoms with Crippen LogP contribution >= 0.6 is 0 Å². The van der Waals surface area contributed by atoms with Gasteiger partial charge in [0, 0.05) is 24.4 Å². The van der Waals surface area contributed by atoms with Gasteiger partial charge in [-0.05, 0) is 12.1 Å². The second-order valence-corrected chi connectivity index (χ2v) is 6.87. The van der Waals surface area contributed by atoms with Crippen molar-refractivity contribution in [1.29, 1.82) is 0 Å². The van der Waals surface area contributed by atoms with E-state index < -0.39 is 17.7 Å². The molecule has 0 unspecified atom stereocenters. The molecule has 0 fully saturated rings. The first kappa shape index (κ1) is 20.1. The van der Waals surface area contributed by atoms with E-state index in [1.54, 1.807) is 18.2 Å². The lowest BCUT2D eigenvalue weighted by Gasteiger charge is -2.13. The van der Waals surface area contributed by atoms with Gasteiger partial charge in [0.1, 0.15) is 23.1 Å². The first-order chi connectivity index (χ1) is 14.8. The number of fused-ring (bicyclic) bond motifs is 1.